The first kappa shape index (κ1) is 21.5. The van der Waals surface area contributed by atoms with Gasteiger partial charge >= 0.3 is 0 Å². The quantitative estimate of drug-likeness (QED) is 0.688. The van der Waals surface area contributed by atoms with E-state index in [4.69, 9.17) is 4.98 Å². The molecule has 1 aliphatic heterocycles. The summed E-state index contributed by atoms with van der Waals surface area (Å²) in [6, 6.07) is 11.4. The highest BCUT2D eigenvalue weighted by Gasteiger charge is 2.33. The van der Waals surface area contributed by atoms with E-state index in [1.807, 2.05) is 18.7 Å². The number of hydrogen-bond donors (Lipinski definition) is 1. The van der Waals surface area contributed by atoms with Crippen molar-refractivity contribution in [3.63, 3.8) is 0 Å². The van der Waals surface area contributed by atoms with Crippen molar-refractivity contribution >= 4 is 11.6 Å². The van der Waals surface area contributed by atoms with Gasteiger partial charge in [-0.3, -0.25) is 9.88 Å². The SMILES string of the molecule is C.Cc1ccc2c(c1)C=C(C(C)c1cncn1C)c1cccnc1C2N1CCNCC1. The highest BCUT2D eigenvalue weighted by atomic mass is 15.2. The lowest BCUT2D eigenvalue weighted by molar-refractivity contribution is 0.195. The van der Waals surface area contributed by atoms with E-state index in [0.29, 0.717) is 0 Å². The molecule has 0 amide bonds. The first-order valence-corrected chi connectivity index (χ1v) is 10.8. The number of rotatable bonds is 3. The minimum absolute atomic E-state index is 0. The molecule has 5 heteroatoms. The summed E-state index contributed by atoms with van der Waals surface area (Å²) in [5, 5.41) is 3.49. The molecule has 162 valence electrons. The molecule has 0 bridgehead atoms. The molecule has 5 nitrogen and oxygen atoms in total. The Morgan fingerprint density at radius 1 is 1.16 bits per heavy atom. The Balaban J connectivity index is 0.00000231. The monoisotopic (exact) mass is 415 g/mol. The minimum atomic E-state index is 0. The summed E-state index contributed by atoms with van der Waals surface area (Å²) in [4.78, 5) is 11.9. The zero-order valence-electron chi connectivity index (χ0n) is 18.0. The maximum Gasteiger partial charge on any atom is 0.0945 e. The van der Waals surface area contributed by atoms with Gasteiger partial charge in [0.1, 0.15) is 0 Å². The van der Waals surface area contributed by atoms with Gasteiger partial charge in [-0.25, -0.2) is 4.98 Å². The molecular weight excluding hydrogens is 382 g/mol. The van der Waals surface area contributed by atoms with Crippen LogP contribution in [-0.2, 0) is 7.05 Å². The molecule has 2 unspecified atom stereocenters. The van der Waals surface area contributed by atoms with Gasteiger partial charge in [-0.15, -0.1) is 0 Å². The van der Waals surface area contributed by atoms with Crippen LogP contribution in [0.3, 0.4) is 0 Å². The fourth-order valence-corrected chi connectivity index (χ4v) is 4.95. The van der Waals surface area contributed by atoms with Crippen molar-refractivity contribution < 1.29 is 0 Å². The van der Waals surface area contributed by atoms with Gasteiger partial charge in [-0.1, -0.05) is 50.3 Å². The number of piperazine rings is 1. The van der Waals surface area contributed by atoms with Crippen molar-refractivity contribution in [1.82, 2.24) is 24.8 Å². The minimum Gasteiger partial charge on any atom is -0.337 e. The molecule has 1 N–H and O–H groups in total. The van der Waals surface area contributed by atoms with Gasteiger partial charge in [-0.2, -0.15) is 0 Å². The third-order valence-electron chi connectivity index (χ3n) is 6.54. The average molecular weight is 416 g/mol. The van der Waals surface area contributed by atoms with Crippen LogP contribution in [0.4, 0.5) is 0 Å². The summed E-state index contributed by atoms with van der Waals surface area (Å²) < 4.78 is 2.12. The highest BCUT2D eigenvalue weighted by molar-refractivity contribution is 5.88. The highest BCUT2D eigenvalue weighted by Crippen LogP contribution is 2.43. The first-order chi connectivity index (χ1) is 14.6. The normalized spacial score (nSPS) is 19.5. The number of aryl methyl sites for hydroxylation is 2. The third-order valence-corrected chi connectivity index (χ3v) is 6.54. The van der Waals surface area contributed by atoms with Crippen LogP contribution in [-0.4, -0.2) is 45.6 Å². The van der Waals surface area contributed by atoms with Crippen LogP contribution in [0.5, 0.6) is 0 Å². The molecule has 2 atom stereocenters. The Bertz CT molecular complexity index is 1090. The number of aromatic nitrogens is 3. The van der Waals surface area contributed by atoms with Crippen LogP contribution in [0.15, 0.2) is 49.1 Å². The number of nitrogens with zero attached hydrogens (tertiary/aromatic N) is 4. The van der Waals surface area contributed by atoms with Gasteiger partial charge in [0.25, 0.3) is 0 Å². The van der Waals surface area contributed by atoms with Crippen molar-refractivity contribution in [3.05, 3.63) is 82.7 Å². The first-order valence-electron chi connectivity index (χ1n) is 10.8. The molecule has 1 saturated heterocycles. The van der Waals surface area contributed by atoms with Gasteiger partial charge in [0.15, 0.2) is 0 Å². The molecule has 3 heterocycles. The average Bonchev–Trinajstić information content (AvgIpc) is 3.14. The lowest BCUT2D eigenvalue weighted by Crippen LogP contribution is -2.45. The molecule has 2 aromatic heterocycles. The Morgan fingerprint density at radius 3 is 2.71 bits per heavy atom. The molecule has 0 radical (unpaired) electrons. The van der Waals surface area contributed by atoms with Crippen molar-refractivity contribution in [2.24, 2.45) is 7.05 Å². The second-order valence-electron chi connectivity index (χ2n) is 8.51. The number of allylic oxidation sites excluding steroid dienone is 1. The fraction of sp³-hybridized carbons (Fsp3) is 0.385. The number of hydrogen-bond acceptors (Lipinski definition) is 4. The van der Waals surface area contributed by atoms with Crippen molar-refractivity contribution in [2.45, 2.75) is 33.2 Å². The molecule has 2 aliphatic rings. The zero-order chi connectivity index (χ0) is 20.7. The van der Waals surface area contributed by atoms with Crippen LogP contribution >= 0.6 is 0 Å². The van der Waals surface area contributed by atoms with Gasteiger partial charge in [0.05, 0.1) is 18.1 Å². The molecule has 0 saturated carbocycles. The number of pyridine rings is 1. The number of fused-ring (bicyclic) bond motifs is 2. The van der Waals surface area contributed by atoms with E-state index in [1.54, 1.807) is 0 Å². The molecule has 5 rings (SSSR count). The van der Waals surface area contributed by atoms with Crippen LogP contribution in [0.1, 0.15) is 60.0 Å². The Morgan fingerprint density at radius 2 is 1.97 bits per heavy atom. The molecule has 1 fully saturated rings. The van der Waals surface area contributed by atoms with E-state index >= 15 is 0 Å². The van der Waals surface area contributed by atoms with E-state index in [2.05, 4.69) is 77.1 Å². The Kier molecular flexibility index (Phi) is 6.08. The molecule has 31 heavy (non-hydrogen) atoms. The number of imidazole rings is 1. The van der Waals surface area contributed by atoms with E-state index in [9.17, 15) is 0 Å². The van der Waals surface area contributed by atoms with Crippen LogP contribution < -0.4 is 5.32 Å². The van der Waals surface area contributed by atoms with Crippen molar-refractivity contribution in [1.29, 1.82) is 0 Å². The molecule has 1 aromatic carbocycles. The lowest BCUT2D eigenvalue weighted by Gasteiger charge is -2.36. The molecule has 0 spiro atoms. The molecule has 1 aliphatic carbocycles. The maximum atomic E-state index is 4.97. The summed E-state index contributed by atoms with van der Waals surface area (Å²) >= 11 is 0. The standard InChI is InChI=1S/C25H29N5.CH4/c1-17-6-7-20-19(13-17)14-22(18(2)23-15-27-16-29(23)3)21-5-4-8-28-24(21)25(20)30-11-9-26-10-12-30;/h4-8,13-16,18,25-26H,9-12H2,1-3H3;1H4. The smallest absolute Gasteiger partial charge is 0.0945 e. The topological polar surface area (TPSA) is 46.0 Å². The van der Waals surface area contributed by atoms with E-state index < -0.39 is 0 Å². The lowest BCUT2D eigenvalue weighted by atomic mass is 9.89. The fourth-order valence-electron chi connectivity index (χ4n) is 4.95. The van der Waals surface area contributed by atoms with Crippen molar-refractivity contribution in [2.75, 3.05) is 26.2 Å². The summed E-state index contributed by atoms with van der Waals surface area (Å²) in [5.41, 5.74) is 8.90. The van der Waals surface area contributed by atoms with E-state index in [-0.39, 0.29) is 19.4 Å². The van der Waals surface area contributed by atoms with Gasteiger partial charge in [0, 0.05) is 62.8 Å². The Hall–Kier alpha value is -2.76. The van der Waals surface area contributed by atoms with Gasteiger partial charge in [0.2, 0.25) is 0 Å². The van der Waals surface area contributed by atoms with E-state index in [1.165, 1.54) is 39.2 Å². The van der Waals surface area contributed by atoms with Crippen molar-refractivity contribution in [3.8, 4) is 0 Å². The van der Waals surface area contributed by atoms with Crippen LogP contribution in [0, 0.1) is 6.92 Å². The van der Waals surface area contributed by atoms with Crippen LogP contribution in [0.25, 0.3) is 11.6 Å². The third kappa shape index (κ3) is 3.84. The van der Waals surface area contributed by atoms with E-state index in [0.717, 1.165) is 26.2 Å². The molecule has 3 aromatic rings. The summed E-state index contributed by atoms with van der Waals surface area (Å²) in [5.74, 6) is 0.218. The molecular formula is C26H33N5. The van der Waals surface area contributed by atoms with Gasteiger partial charge < -0.3 is 9.88 Å². The second-order valence-corrected chi connectivity index (χ2v) is 8.51. The summed E-state index contributed by atoms with van der Waals surface area (Å²) in [6.07, 6.45) is 8.20. The number of nitrogens with one attached hydrogen (secondary N) is 1. The largest absolute Gasteiger partial charge is 0.337 e. The zero-order valence-corrected chi connectivity index (χ0v) is 18.0. The predicted molar refractivity (Wildman–Crippen MR) is 128 cm³/mol. The maximum absolute atomic E-state index is 4.97. The second kappa shape index (κ2) is 8.77. The summed E-state index contributed by atoms with van der Waals surface area (Å²) in [6.45, 7) is 8.55. The Labute approximate surface area is 185 Å². The summed E-state index contributed by atoms with van der Waals surface area (Å²) in [7, 11) is 2.07. The predicted octanol–water partition coefficient (Wildman–Crippen LogP) is 4.41. The number of benzene rings is 1. The van der Waals surface area contributed by atoms with Gasteiger partial charge in [-0.05, 0) is 29.7 Å². The van der Waals surface area contributed by atoms with Crippen LogP contribution in [0.2, 0.25) is 0 Å².